The molecule has 28 heavy (non-hydrogen) atoms. The van der Waals surface area contributed by atoms with Gasteiger partial charge in [-0.15, -0.1) is 0 Å². The first-order valence-corrected chi connectivity index (χ1v) is 11.7. The van der Waals surface area contributed by atoms with Gasteiger partial charge in [-0.05, 0) is 56.3 Å². The number of carbonyl (C=O) groups is 1. The lowest BCUT2D eigenvalue weighted by molar-refractivity contribution is -0.110. The second-order valence-electron chi connectivity index (χ2n) is 8.41. The van der Waals surface area contributed by atoms with Crippen molar-refractivity contribution in [3.8, 4) is 5.75 Å². The molecule has 154 valence electrons. The first-order chi connectivity index (χ1) is 13.3. The summed E-state index contributed by atoms with van der Waals surface area (Å²) in [4.78, 5) is 9.99. The second kappa shape index (κ2) is 7.48. The average Bonchev–Trinajstić information content (AvgIpc) is 3.15. The van der Waals surface area contributed by atoms with E-state index >= 15 is 0 Å². The summed E-state index contributed by atoms with van der Waals surface area (Å²) in [5, 5.41) is 7.59. The molecule has 7 nitrogen and oxygen atoms in total. The molecule has 3 fully saturated rings. The largest absolute Gasteiger partial charge is 0.468 e. The quantitative estimate of drug-likeness (QED) is 0.638. The smallest absolute Gasteiger partial charge is 0.212 e. The van der Waals surface area contributed by atoms with Gasteiger partial charge in [-0.3, -0.25) is 0 Å². The second-order valence-corrected chi connectivity index (χ2v) is 10.7. The summed E-state index contributed by atoms with van der Waals surface area (Å²) in [6.07, 6.45) is 6.08. The molecule has 0 aromatic heterocycles. The topological polar surface area (TPSA) is 96.5 Å². The zero-order valence-corrected chi connectivity index (χ0v) is 17.4. The van der Waals surface area contributed by atoms with Gasteiger partial charge in [0.2, 0.25) is 10.0 Å². The lowest BCUT2D eigenvalue weighted by Crippen LogP contribution is -2.57. The van der Waals surface area contributed by atoms with E-state index in [4.69, 9.17) is 16.3 Å². The monoisotopic (exact) mass is 427 g/mol. The fourth-order valence-electron chi connectivity index (χ4n) is 4.76. The van der Waals surface area contributed by atoms with Crippen LogP contribution in [0, 0.1) is 17.3 Å². The number of carbonyl (C=O) groups excluding carboxylic acids is 1. The Hall–Kier alpha value is -1.35. The highest BCUT2D eigenvalue weighted by Crippen LogP contribution is 2.60. The van der Waals surface area contributed by atoms with E-state index in [9.17, 15) is 13.2 Å². The molecule has 2 saturated carbocycles. The Morgan fingerprint density at radius 2 is 2.04 bits per heavy atom. The first-order valence-electron chi connectivity index (χ1n) is 9.64. The summed E-state index contributed by atoms with van der Waals surface area (Å²) in [5.41, 5.74) is 1.66. The molecule has 9 heteroatoms. The van der Waals surface area contributed by atoms with Crippen LogP contribution in [0.5, 0.6) is 5.75 Å². The van der Waals surface area contributed by atoms with Crippen LogP contribution in [0.1, 0.15) is 25.7 Å². The number of fused-ring (bicyclic) bond motifs is 1. The molecule has 2 heterocycles. The summed E-state index contributed by atoms with van der Waals surface area (Å²) in [7, 11) is -1.02. The molecule has 1 spiro atoms. The zero-order chi connectivity index (χ0) is 19.9. The van der Waals surface area contributed by atoms with E-state index in [2.05, 4.69) is 22.4 Å². The SMILES string of the molecule is CNC1CC2(C1)CC(C1Nc3cc(Cl)ccc3O1)C2.O=CC1CNS(=O)(=O)C1. The molecule has 0 bridgehead atoms. The minimum absolute atomic E-state index is 0.0451. The molecular formula is C19H26ClN3O4S. The Kier molecular flexibility index (Phi) is 5.33. The van der Waals surface area contributed by atoms with Crippen LogP contribution in [0.25, 0.3) is 0 Å². The van der Waals surface area contributed by atoms with E-state index in [1.807, 2.05) is 18.2 Å². The molecule has 2 aliphatic heterocycles. The molecule has 1 saturated heterocycles. The van der Waals surface area contributed by atoms with Crippen LogP contribution in [0.2, 0.25) is 5.02 Å². The van der Waals surface area contributed by atoms with E-state index in [0.717, 1.165) is 22.5 Å². The van der Waals surface area contributed by atoms with Gasteiger partial charge in [0, 0.05) is 29.4 Å². The van der Waals surface area contributed by atoms with E-state index in [0.29, 0.717) is 17.6 Å². The predicted octanol–water partition coefficient (Wildman–Crippen LogP) is 1.98. The number of nitrogens with one attached hydrogen (secondary N) is 3. The number of rotatable bonds is 3. The van der Waals surface area contributed by atoms with Gasteiger partial charge in [-0.2, -0.15) is 0 Å². The van der Waals surface area contributed by atoms with E-state index in [1.165, 1.54) is 25.7 Å². The fourth-order valence-corrected chi connectivity index (χ4v) is 6.28. The van der Waals surface area contributed by atoms with Crippen molar-refractivity contribution in [2.45, 2.75) is 38.0 Å². The highest BCUT2D eigenvalue weighted by atomic mass is 35.5. The Bertz CT molecular complexity index is 849. The normalized spacial score (nSPS) is 36.8. The summed E-state index contributed by atoms with van der Waals surface area (Å²) >= 11 is 6.00. The summed E-state index contributed by atoms with van der Waals surface area (Å²) in [6, 6.07) is 6.54. The molecular weight excluding hydrogens is 402 g/mol. The molecule has 4 aliphatic rings. The first kappa shape index (κ1) is 19.9. The van der Waals surface area contributed by atoms with Crippen molar-refractivity contribution in [1.29, 1.82) is 0 Å². The highest BCUT2D eigenvalue weighted by Gasteiger charge is 2.55. The Morgan fingerprint density at radius 1 is 1.29 bits per heavy atom. The van der Waals surface area contributed by atoms with Gasteiger partial charge in [0.25, 0.3) is 0 Å². The summed E-state index contributed by atoms with van der Waals surface area (Å²) < 4.78 is 29.3. The van der Waals surface area contributed by atoms with Crippen molar-refractivity contribution in [2.24, 2.45) is 17.3 Å². The third-order valence-electron chi connectivity index (χ3n) is 6.27. The van der Waals surface area contributed by atoms with Crippen molar-refractivity contribution in [2.75, 3.05) is 24.7 Å². The number of sulfonamides is 1. The number of hydrogen-bond acceptors (Lipinski definition) is 6. The molecule has 3 N–H and O–H groups in total. The zero-order valence-electron chi connectivity index (χ0n) is 15.8. The van der Waals surface area contributed by atoms with Crippen LogP contribution in [0.15, 0.2) is 18.2 Å². The summed E-state index contributed by atoms with van der Waals surface area (Å²) in [5.74, 6) is 1.20. The maximum absolute atomic E-state index is 10.5. The minimum atomic E-state index is -3.09. The molecule has 1 aromatic rings. The van der Waals surface area contributed by atoms with Crippen molar-refractivity contribution < 1.29 is 17.9 Å². The number of benzene rings is 1. The van der Waals surface area contributed by atoms with E-state index in [1.54, 1.807) is 0 Å². The van der Waals surface area contributed by atoms with Crippen molar-refractivity contribution in [3.05, 3.63) is 23.2 Å². The van der Waals surface area contributed by atoms with Crippen LogP contribution in [-0.4, -0.2) is 46.3 Å². The number of anilines is 1. The standard InChI is InChI=1S/C15H19ClN2O.C4H7NO3S/c1-17-11-7-15(8-11)5-9(6-15)14-18-12-4-10(16)2-3-13(12)19-14;6-2-4-1-5-9(7,8)3-4/h2-4,9,11,14,17-18H,5-8H2,1H3;2,4-5H,1,3H2. The molecule has 2 aliphatic carbocycles. The van der Waals surface area contributed by atoms with Gasteiger partial charge in [0.1, 0.15) is 12.0 Å². The maximum Gasteiger partial charge on any atom is 0.212 e. The molecule has 5 rings (SSSR count). The van der Waals surface area contributed by atoms with Gasteiger partial charge < -0.3 is 20.2 Å². The van der Waals surface area contributed by atoms with Gasteiger partial charge in [-0.1, -0.05) is 11.6 Å². The lowest BCUT2D eigenvalue weighted by atomic mass is 9.49. The third kappa shape index (κ3) is 4.01. The third-order valence-corrected chi connectivity index (χ3v) is 7.98. The fraction of sp³-hybridized carbons (Fsp3) is 0.632. The van der Waals surface area contributed by atoms with E-state index in [-0.39, 0.29) is 24.4 Å². The predicted molar refractivity (Wildman–Crippen MR) is 108 cm³/mol. The van der Waals surface area contributed by atoms with Crippen molar-refractivity contribution in [3.63, 3.8) is 0 Å². The minimum Gasteiger partial charge on any atom is -0.468 e. The Balaban J connectivity index is 0.000000181. The average molecular weight is 428 g/mol. The van der Waals surface area contributed by atoms with Gasteiger partial charge in [0.05, 0.1) is 11.4 Å². The van der Waals surface area contributed by atoms with Crippen LogP contribution >= 0.6 is 11.6 Å². The van der Waals surface area contributed by atoms with Gasteiger partial charge >= 0.3 is 0 Å². The van der Waals surface area contributed by atoms with Crippen molar-refractivity contribution >= 4 is 33.6 Å². The number of halogens is 1. The van der Waals surface area contributed by atoms with E-state index < -0.39 is 10.0 Å². The Morgan fingerprint density at radius 3 is 2.61 bits per heavy atom. The molecule has 1 aromatic carbocycles. The number of aldehydes is 1. The number of hydrogen-bond donors (Lipinski definition) is 3. The van der Waals surface area contributed by atoms with Crippen LogP contribution < -0.4 is 20.1 Å². The molecule has 0 radical (unpaired) electrons. The lowest BCUT2D eigenvalue weighted by Gasteiger charge is -2.58. The molecule has 2 atom stereocenters. The van der Waals surface area contributed by atoms with Crippen LogP contribution in [-0.2, 0) is 14.8 Å². The van der Waals surface area contributed by atoms with Crippen LogP contribution in [0.3, 0.4) is 0 Å². The van der Waals surface area contributed by atoms with Gasteiger partial charge in [-0.25, -0.2) is 13.1 Å². The Labute approximate surface area is 170 Å². The summed E-state index contributed by atoms with van der Waals surface area (Å²) in [6.45, 7) is 0.270. The molecule has 2 unspecified atom stereocenters. The highest BCUT2D eigenvalue weighted by molar-refractivity contribution is 7.89. The van der Waals surface area contributed by atoms with Gasteiger partial charge in [0.15, 0.2) is 6.23 Å². The van der Waals surface area contributed by atoms with Crippen molar-refractivity contribution in [1.82, 2.24) is 10.0 Å². The number of ether oxygens (including phenoxy) is 1. The molecule has 0 amide bonds. The van der Waals surface area contributed by atoms with Crippen LogP contribution in [0.4, 0.5) is 5.69 Å². The maximum atomic E-state index is 10.5.